The van der Waals surface area contributed by atoms with Crippen molar-refractivity contribution < 1.29 is 0 Å². The Hall–Kier alpha value is -1.31. The van der Waals surface area contributed by atoms with E-state index >= 15 is 0 Å². The molecule has 2 nitrogen and oxygen atoms in total. The van der Waals surface area contributed by atoms with Crippen molar-refractivity contribution in [2.45, 2.75) is 46.1 Å². The number of rotatable bonds is 3. The van der Waals surface area contributed by atoms with Crippen molar-refractivity contribution in [1.29, 1.82) is 0 Å². The van der Waals surface area contributed by atoms with E-state index in [1.54, 1.807) is 0 Å². The van der Waals surface area contributed by atoms with Crippen LogP contribution in [0.3, 0.4) is 0 Å². The molecule has 0 fully saturated rings. The summed E-state index contributed by atoms with van der Waals surface area (Å²) in [6.07, 6.45) is 0.820. The Morgan fingerprint density at radius 1 is 1.19 bits per heavy atom. The zero-order chi connectivity index (χ0) is 12.2. The van der Waals surface area contributed by atoms with Gasteiger partial charge in [0, 0.05) is 6.42 Å². The van der Waals surface area contributed by atoms with E-state index in [1.165, 1.54) is 11.1 Å². The van der Waals surface area contributed by atoms with E-state index in [0.29, 0.717) is 6.54 Å². The highest BCUT2D eigenvalue weighted by atomic mass is 14.8. The number of nitrogens with zero attached hydrogens (tertiary/aromatic N) is 1. The van der Waals surface area contributed by atoms with E-state index in [4.69, 9.17) is 5.73 Å². The van der Waals surface area contributed by atoms with Gasteiger partial charge in [0.2, 0.25) is 0 Å². The van der Waals surface area contributed by atoms with Crippen LogP contribution in [-0.4, -0.2) is 5.84 Å². The fraction of sp³-hybridized carbons (Fsp3) is 0.500. The summed E-state index contributed by atoms with van der Waals surface area (Å²) in [5, 5.41) is 0. The predicted molar refractivity (Wildman–Crippen MR) is 70.8 cm³/mol. The molecule has 0 aliphatic carbocycles. The van der Waals surface area contributed by atoms with Gasteiger partial charge in [0.15, 0.2) is 0 Å². The molecule has 0 spiro atoms. The van der Waals surface area contributed by atoms with E-state index in [0.717, 1.165) is 12.3 Å². The monoisotopic (exact) mass is 218 g/mol. The van der Waals surface area contributed by atoms with Crippen LogP contribution < -0.4 is 5.73 Å². The Balaban J connectivity index is 2.73. The molecule has 0 aromatic heterocycles. The third-order valence-electron chi connectivity index (χ3n) is 2.65. The van der Waals surface area contributed by atoms with Crippen molar-refractivity contribution in [3.05, 3.63) is 35.4 Å². The zero-order valence-electron chi connectivity index (χ0n) is 10.7. The maximum Gasteiger partial charge on any atom is 0.0938 e. The smallest absolute Gasteiger partial charge is 0.0938 e. The summed E-state index contributed by atoms with van der Waals surface area (Å²) in [6.45, 7) is 9.35. The first-order valence-corrected chi connectivity index (χ1v) is 5.81. The van der Waals surface area contributed by atoms with Crippen LogP contribution in [0.1, 0.15) is 45.2 Å². The van der Waals surface area contributed by atoms with E-state index in [2.05, 4.69) is 50.0 Å². The molecular formula is C14H22N2. The van der Waals surface area contributed by atoms with Crippen molar-refractivity contribution >= 4 is 5.84 Å². The molecule has 0 aliphatic rings. The molecule has 88 valence electrons. The zero-order valence-corrected chi connectivity index (χ0v) is 10.7. The van der Waals surface area contributed by atoms with Crippen molar-refractivity contribution in [2.24, 2.45) is 10.7 Å². The number of hydrogen-bond donors (Lipinski definition) is 1. The van der Waals surface area contributed by atoms with Gasteiger partial charge in [0.05, 0.1) is 12.4 Å². The Morgan fingerprint density at radius 2 is 1.75 bits per heavy atom. The Labute approximate surface area is 98.6 Å². The molecule has 16 heavy (non-hydrogen) atoms. The van der Waals surface area contributed by atoms with Gasteiger partial charge < -0.3 is 5.73 Å². The predicted octanol–water partition coefficient (Wildman–Crippen LogP) is 3.25. The Morgan fingerprint density at radius 3 is 2.19 bits per heavy atom. The summed E-state index contributed by atoms with van der Waals surface area (Å²) in [6, 6.07) is 8.61. The van der Waals surface area contributed by atoms with Crippen LogP contribution >= 0.6 is 0 Å². The Bertz CT molecular complexity index is 355. The van der Waals surface area contributed by atoms with E-state index in [-0.39, 0.29) is 5.41 Å². The second-order valence-electron chi connectivity index (χ2n) is 5.11. The van der Waals surface area contributed by atoms with E-state index in [1.807, 2.05) is 6.92 Å². The fourth-order valence-corrected chi connectivity index (χ4v) is 1.41. The molecule has 1 rings (SSSR count). The highest BCUT2D eigenvalue weighted by Crippen LogP contribution is 2.22. The molecule has 0 atom stereocenters. The average Bonchev–Trinajstić information content (AvgIpc) is 2.25. The van der Waals surface area contributed by atoms with Crippen LogP contribution in [0.5, 0.6) is 0 Å². The van der Waals surface area contributed by atoms with Crippen molar-refractivity contribution in [2.75, 3.05) is 0 Å². The molecule has 2 heteroatoms. The first-order valence-electron chi connectivity index (χ1n) is 5.81. The average molecular weight is 218 g/mol. The van der Waals surface area contributed by atoms with Crippen LogP contribution in [0.4, 0.5) is 0 Å². The fourth-order valence-electron chi connectivity index (χ4n) is 1.41. The molecule has 0 saturated heterocycles. The summed E-state index contributed by atoms with van der Waals surface area (Å²) in [5.41, 5.74) is 8.45. The first-order chi connectivity index (χ1) is 7.43. The van der Waals surface area contributed by atoms with Crippen LogP contribution in [0.25, 0.3) is 0 Å². The van der Waals surface area contributed by atoms with Crippen LogP contribution in [0.15, 0.2) is 29.3 Å². The van der Waals surface area contributed by atoms with E-state index in [9.17, 15) is 0 Å². The standard InChI is InChI=1S/C14H22N2/c1-5-13(15)16-10-11-6-8-12(9-7-11)14(2,3)4/h6-9H,5,10H2,1-4H3,(H2,15,16). The number of benzene rings is 1. The van der Waals surface area contributed by atoms with Crippen LogP contribution in [0, 0.1) is 0 Å². The topological polar surface area (TPSA) is 38.4 Å². The second-order valence-corrected chi connectivity index (χ2v) is 5.11. The summed E-state index contributed by atoms with van der Waals surface area (Å²) < 4.78 is 0. The normalized spacial score (nSPS) is 12.9. The largest absolute Gasteiger partial charge is 0.387 e. The summed E-state index contributed by atoms with van der Waals surface area (Å²) >= 11 is 0. The van der Waals surface area contributed by atoms with Crippen LogP contribution in [-0.2, 0) is 12.0 Å². The van der Waals surface area contributed by atoms with Gasteiger partial charge >= 0.3 is 0 Å². The lowest BCUT2D eigenvalue weighted by atomic mass is 9.87. The molecule has 1 aromatic rings. The lowest BCUT2D eigenvalue weighted by Crippen LogP contribution is -2.11. The number of aliphatic imine (C=N–C) groups is 1. The highest BCUT2D eigenvalue weighted by Gasteiger charge is 2.12. The molecule has 0 saturated carbocycles. The Kier molecular flexibility index (Phi) is 4.11. The van der Waals surface area contributed by atoms with Gasteiger partial charge in [0.25, 0.3) is 0 Å². The summed E-state index contributed by atoms with van der Waals surface area (Å²) in [4.78, 5) is 4.30. The molecule has 0 unspecified atom stereocenters. The first kappa shape index (κ1) is 12.8. The molecule has 0 aliphatic heterocycles. The minimum Gasteiger partial charge on any atom is -0.387 e. The third kappa shape index (κ3) is 3.69. The van der Waals surface area contributed by atoms with Gasteiger partial charge in [0.1, 0.15) is 0 Å². The minimum atomic E-state index is 0.213. The minimum absolute atomic E-state index is 0.213. The van der Waals surface area contributed by atoms with Gasteiger partial charge in [-0.25, -0.2) is 0 Å². The van der Waals surface area contributed by atoms with Gasteiger partial charge in [-0.15, -0.1) is 0 Å². The number of amidine groups is 1. The number of nitrogens with two attached hydrogens (primary N) is 1. The third-order valence-corrected chi connectivity index (χ3v) is 2.65. The summed E-state index contributed by atoms with van der Waals surface area (Å²) in [7, 11) is 0. The lowest BCUT2D eigenvalue weighted by Gasteiger charge is -2.18. The van der Waals surface area contributed by atoms with Crippen molar-refractivity contribution in [3.8, 4) is 0 Å². The lowest BCUT2D eigenvalue weighted by molar-refractivity contribution is 0.590. The molecule has 0 radical (unpaired) electrons. The SMILES string of the molecule is CCC(N)=NCc1ccc(C(C)(C)C)cc1. The molecule has 0 heterocycles. The molecule has 2 N–H and O–H groups in total. The second kappa shape index (κ2) is 5.15. The molecule has 1 aromatic carbocycles. The van der Waals surface area contributed by atoms with Gasteiger partial charge in [-0.3, -0.25) is 4.99 Å². The van der Waals surface area contributed by atoms with Crippen LogP contribution in [0.2, 0.25) is 0 Å². The molecule has 0 bridgehead atoms. The van der Waals surface area contributed by atoms with Crippen molar-refractivity contribution in [1.82, 2.24) is 0 Å². The van der Waals surface area contributed by atoms with Gasteiger partial charge in [-0.1, -0.05) is 52.0 Å². The summed E-state index contributed by atoms with van der Waals surface area (Å²) in [5.74, 6) is 0.722. The molecule has 0 amide bonds. The van der Waals surface area contributed by atoms with Gasteiger partial charge in [-0.2, -0.15) is 0 Å². The van der Waals surface area contributed by atoms with Gasteiger partial charge in [-0.05, 0) is 16.5 Å². The molecular weight excluding hydrogens is 196 g/mol. The number of hydrogen-bond acceptors (Lipinski definition) is 1. The van der Waals surface area contributed by atoms with E-state index < -0.39 is 0 Å². The highest BCUT2D eigenvalue weighted by molar-refractivity contribution is 5.79. The van der Waals surface area contributed by atoms with Crippen molar-refractivity contribution in [3.63, 3.8) is 0 Å². The maximum absolute atomic E-state index is 5.67. The maximum atomic E-state index is 5.67. The quantitative estimate of drug-likeness (QED) is 0.614.